The monoisotopic (exact) mass is 276 g/mol. The third-order valence-corrected chi connectivity index (χ3v) is 4.18. The van der Waals surface area contributed by atoms with Crippen molar-refractivity contribution in [1.29, 1.82) is 0 Å². The molecule has 0 aromatic carbocycles. The largest absolute Gasteiger partial charge is 0.373 e. The first-order chi connectivity index (χ1) is 9.81. The number of nitrogens with zero attached hydrogens (tertiary/aromatic N) is 3. The number of aromatic nitrogens is 2. The molecule has 1 N–H and O–H groups in total. The lowest BCUT2D eigenvalue weighted by Crippen LogP contribution is -2.40. The molecule has 0 amide bonds. The van der Waals surface area contributed by atoms with Crippen LogP contribution in [0.25, 0.3) is 0 Å². The molecule has 1 atom stereocenters. The Bertz CT molecular complexity index is 417. The van der Waals surface area contributed by atoms with Gasteiger partial charge in [0, 0.05) is 25.2 Å². The lowest BCUT2D eigenvalue weighted by Gasteiger charge is -2.38. The molecule has 1 saturated heterocycles. The normalized spacial score (nSPS) is 19.1. The zero-order valence-electron chi connectivity index (χ0n) is 13.2. The standard InChI is InChI=1S/C16H28N4/c1-4-8-13-10-6-7-11-20(13)16-14(9-5-2)15(17-3)18-12-19-16/h12-13H,4-11H2,1-3H3,(H,17,18,19). The quantitative estimate of drug-likeness (QED) is 0.861. The second kappa shape index (κ2) is 7.46. The summed E-state index contributed by atoms with van der Waals surface area (Å²) in [6.45, 7) is 5.64. The van der Waals surface area contributed by atoms with Gasteiger partial charge in [-0.2, -0.15) is 0 Å². The molecule has 2 heterocycles. The van der Waals surface area contributed by atoms with Gasteiger partial charge in [0.1, 0.15) is 18.0 Å². The zero-order chi connectivity index (χ0) is 14.4. The predicted molar refractivity (Wildman–Crippen MR) is 85.5 cm³/mol. The summed E-state index contributed by atoms with van der Waals surface area (Å²) in [7, 11) is 1.95. The summed E-state index contributed by atoms with van der Waals surface area (Å²) in [5.41, 5.74) is 1.29. The van der Waals surface area contributed by atoms with Gasteiger partial charge >= 0.3 is 0 Å². The van der Waals surface area contributed by atoms with Crippen LogP contribution in [0.15, 0.2) is 6.33 Å². The van der Waals surface area contributed by atoms with Crippen LogP contribution >= 0.6 is 0 Å². The van der Waals surface area contributed by atoms with E-state index in [1.807, 2.05) is 7.05 Å². The van der Waals surface area contributed by atoms with Crippen LogP contribution in [0.4, 0.5) is 11.6 Å². The number of rotatable bonds is 6. The summed E-state index contributed by atoms with van der Waals surface area (Å²) in [5, 5.41) is 3.23. The molecule has 20 heavy (non-hydrogen) atoms. The number of anilines is 2. The van der Waals surface area contributed by atoms with Crippen molar-refractivity contribution >= 4 is 11.6 Å². The van der Waals surface area contributed by atoms with Crippen molar-refractivity contribution < 1.29 is 0 Å². The van der Waals surface area contributed by atoms with Gasteiger partial charge in [0.15, 0.2) is 0 Å². The molecule has 4 nitrogen and oxygen atoms in total. The molecule has 0 aliphatic carbocycles. The minimum absolute atomic E-state index is 0.656. The Morgan fingerprint density at radius 3 is 2.80 bits per heavy atom. The lowest BCUT2D eigenvalue weighted by atomic mass is 9.97. The first-order valence-electron chi connectivity index (χ1n) is 8.10. The van der Waals surface area contributed by atoms with Gasteiger partial charge in [-0.3, -0.25) is 0 Å². The van der Waals surface area contributed by atoms with Gasteiger partial charge in [0.2, 0.25) is 0 Å². The van der Waals surface area contributed by atoms with Gasteiger partial charge in [0.05, 0.1) is 0 Å². The van der Waals surface area contributed by atoms with Crippen LogP contribution in [0.1, 0.15) is 57.9 Å². The summed E-state index contributed by atoms with van der Waals surface area (Å²) in [4.78, 5) is 11.6. The molecule has 1 aliphatic rings. The van der Waals surface area contributed by atoms with E-state index in [1.54, 1.807) is 6.33 Å². The Kier molecular flexibility index (Phi) is 5.62. The molecular weight excluding hydrogens is 248 g/mol. The van der Waals surface area contributed by atoms with E-state index in [0.29, 0.717) is 6.04 Å². The van der Waals surface area contributed by atoms with Crippen LogP contribution in [0.5, 0.6) is 0 Å². The third kappa shape index (κ3) is 3.22. The molecule has 1 aromatic rings. The molecule has 4 heteroatoms. The highest BCUT2D eigenvalue weighted by molar-refractivity contribution is 5.59. The van der Waals surface area contributed by atoms with Gasteiger partial charge in [-0.1, -0.05) is 26.7 Å². The molecule has 1 fully saturated rings. The van der Waals surface area contributed by atoms with E-state index in [0.717, 1.165) is 25.2 Å². The van der Waals surface area contributed by atoms with Crippen molar-refractivity contribution in [2.75, 3.05) is 23.8 Å². The van der Waals surface area contributed by atoms with E-state index < -0.39 is 0 Å². The average molecular weight is 276 g/mol. The van der Waals surface area contributed by atoms with Gasteiger partial charge in [-0.05, 0) is 32.1 Å². The maximum absolute atomic E-state index is 4.64. The molecule has 1 aliphatic heterocycles. The first kappa shape index (κ1) is 15.1. The molecule has 0 saturated carbocycles. The smallest absolute Gasteiger partial charge is 0.137 e. The van der Waals surface area contributed by atoms with E-state index in [1.165, 1.54) is 43.5 Å². The van der Waals surface area contributed by atoms with Crippen LogP contribution in [-0.2, 0) is 6.42 Å². The summed E-state index contributed by atoms with van der Waals surface area (Å²) in [6, 6.07) is 0.656. The molecular formula is C16H28N4. The molecule has 2 rings (SSSR count). The lowest BCUT2D eigenvalue weighted by molar-refractivity contribution is 0.430. The SMILES string of the molecule is CCCc1c(NC)ncnc1N1CCCCC1CCC. The Hall–Kier alpha value is -1.32. The second-order valence-corrected chi connectivity index (χ2v) is 5.66. The van der Waals surface area contributed by atoms with Crippen LogP contribution < -0.4 is 10.2 Å². The summed E-state index contributed by atoms with van der Waals surface area (Å²) in [6.07, 6.45) is 10.3. The summed E-state index contributed by atoms with van der Waals surface area (Å²) >= 11 is 0. The number of hydrogen-bond acceptors (Lipinski definition) is 4. The minimum atomic E-state index is 0.656. The van der Waals surface area contributed by atoms with Crippen LogP contribution in [0, 0.1) is 0 Å². The topological polar surface area (TPSA) is 41.1 Å². The van der Waals surface area contributed by atoms with Crippen LogP contribution in [-0.4, -0.2) is 29.6 Å². The highest BCUT2D eigenvalue weighted by Crippen LogP contribution is 2.31. The van der Waals surface area contributed by atoms with E-state index in [4.69, 9.17) is 0 Å². The Labute approximate surface area is 123 Å². The molecule has 0 bridgehead atoms. The van der Waals surface area contributed by atoms with Crippen molar-refractivity contribution in [1.82, 2.24) is 9.97 Å². The fourth-order valence-corrected chi connectivity index (χ4v) is 3.26. The fourth-order valence-electron chi connectivity index (χ4n) is 3.26. The molecule has 1 aromatic heterocycles. The van der Waals surface area contributed by atoms with Gasteiger partial charge in [-0.15, -0.1) is 0 Å². The Balaban J connectivity index is 2.33. The maximum atomic E-state index is 4.64. The average Bonchev–Trinajstić information content (AvgIpc) is 2.49. The third-order valence-electron chi connectivity index (χ3n) is 4.18. The number of piperidine rings is 1. The number of nitrogens with one attached hydrogen (secondary N) is 1. The van der Waals surface area contributed by atoms with Crippen molar-refractivity contribution in [2.45, 2.75) is 64.8 Å². The molecule has 0 radical (unpaired) electrons. The fraction of sp³-hybridized carbons (Fsp3) is 0.750. The van der Waals surface area contributed by atoms with E-state index in [2.05, 4.69) is 34.0 Å². The highest BCUT2D eigenvalue weighted by Gasteiger charge is 2.25. The van der Waals surface area contributed by atoms with Crippen molar-refractivity contribution in [3.8, 4) is 0 Å². The summed E-state index contributed by atoms with van der Waals surface area (Å²) in [5.74, 6) is 2.17. The summed E-state index contributed by atoms with van der Waals surface area (Å²) < 4.78 is 0. The van der Waals surface area contributed by atoms with Crippen LogP contribution in [0.3, 0.4) is 0 Å². The molecule has 112 valence electrons. The first-order valence-corrected chi connectivity index (χ1v) is 8.10. The minimum Gasteiger partial charge on any atom is -0.373 e. The highest BCUT2D eigenvalue weighted by atomic mass is 15.2. The maximum Gasteiger partial charge on any atom is 0.137 e. The number of hydrogen-bond donors (Lipinski definition) is 1. The predicted octanol–water partition coefficient (Wildman–Crippen LogP) is 3.63. The van der Waals surface area contributed by atoms with E-state index >= 15 is 0 Å². The van der Waals surface area contributed by atoms with E-state index in [-0.39, 0.29) is 0 Å². The van der Waals surface area contributed by atoms with Gasteiger partial charge < -0.3 is 10.2 Å². The van der Waals surface area contributed by atoms with Crippen molar-refractivity contribution in [3.63, 3.8) is 0 Å². The van der Waals surface area contributed by atoms with Crippen molar-refractivity contribution in [2.24, 2.45) is 0 Å². The zero-order valence-corrected chi connectivity index (χ0v) is 13.2. The second-order valence-electron chi connectivity index (χ2n) is 5.66. The Morgan fingerprint density at radius 2 is 2.10 bits per heavy atom. The molecule has 0 spiro atoms. The van der Waals surface area contributed by atoms with E-state index in [9.17, 15) is 0 Å². The van der Waals surface area contributed by atoms with Gasteiger partial charge in [-0.25, -0.2) is 9.97 Å². The van der Waals surface area contributed by atoms with Crippen LogP contribution in [0.2, 0.25) is 0 Å². The molecule has 1 unspecified atom stereocenters. The van der Waals surface area contributed by atoms with Gasteiger partial charge in [0.25, 0.3) is 0 Å². The van der Waals surface area contributed by atoms with Crippen molar-refractivity contribution in [3.05, 3.63) is 11.9 Å². The Morgan fingerprint density at radius 1 is 1.25 bits per heavy atom.